The van der Waals surface area contributed by atoms with E-state index in [0.717, 1.165) is 32.4 Å². The van der Waals surface area contributed by atoms with Gasteiger partial charge in [-0.25, -0.2) is 0 Å². The third-order valence-electron chi connectivity index (χ3n) is 4.96. The Morgan fingerprint density at radius 3 is 2.68 bits per heavy atom. The molecule has 0 aromatic carbocycles. The average Bonchev–Trinajstić information content (AvgIpc) is 2.82. The standard InChI is InChI=1S/C15H29N3O/c1-12(18-9-8-15(2,10-16)11-18)14(19)17-13-6-4-3-5-7-13/h12-13H,3-11,16H2,1-2H3,(H,17,19). The summed E-state index contributed by atoms with van der Waals surface area (Å²) < 4.78 is 0. The van der Waals surface area contributed by atoms with Gasteiger partial charge in [0.1, 0.15) is 0 Å². The fraction of sp³-hybridized carbons (Fsp3) is 0.933. The van der Waals surface area contributed by atoms with Gasteiger partial charge in [-0.15, -0.1) is 0 Å². The maximum Gasteiger partial charge on any atom is 0.237 e. The Morgan fingerprint density at radius 2 is 2.11 bits per heavy atom. The Labute approximate surface area is 117 Å². The number of nitrogens with one attached hydrogen (secondary N) is 1. The summed E-state index contributed by atoms with van der Waals surface area (Å²) in [6, 6.07) is 0.391. The summed E-state index contributed by atoms with van der Waals surface area (Å²) in [4.78, 5) is 14.6. The molecule has 4 nitrogen and oxygen atoms in total. The number of hydrogen-bond donors (Lipinski definition) is 2. The van der Waals surface area contributed by atoms with Crippen LogP contribution in [0, 0.1) is 5.41 Å². The van der Waals surface area contributed by atoms with Gasteiger partial charge in [0.05, 0.1) is 6.04 Å². The zero-order valence-corrected chi connectivity index (χ0v) is 12.5. The van der Waals surface area contributed by atoms with E-state index in [9.17, 15) is 4.79 Å². The van der Waals surface area contributed by atoms with Gasteiger partial charge in [-0.05, 0) is 44.7 Å². The third kappa shape index (κ3) is 3.69. The van der Waals surface area contributed by atoms with E-state index in [4.69, 9.17) is 5.73 Å². The molecule has 3 N–H and O–H groups in total. The van der Waals surface area contributed by atoms with E-state index >= 15 is 0 Å². The Balaban J connectivity index is 1.82. The molecule has 2 aliphatic rings. The predicted octanol–water partition coefficient (Wildman–Crippen LogP) is 1.49. The van der Waals surface area contributed by atoms with Crippen LogP contribution in [0.3, 0.4) is 0 Å². The van der Waals surface area contributed by atoms with E-state index in [-0.39, 0.29) is 17.4 Å². The number of amides is 1. The van der Waals surface area contributed by atoms with Crippen molar-refractivity contribution in [2.24, 2.45) is 11.1 Å². The molecular formula is C15H29N3O. The van der Waals surface area contributed by atoms with E-state index in [1.807, 2.05) is 6.92 Å². The molecule has 1 saturated carbocycles. The maximum absolute atomic E-state index is 12.3. The molecule has 1 amide bonds. The lowest BCUT2D eigenvalue weighted by Crippen LogP contribution is -2.48. The van der Waals surface area contributed by atoms with E-state index in [0.29, 0.717) is 12.6 Å². The van der Waals surface area contributed by atoms with Crippen LogP contribution in [-0.2, 0) is 4.79 Å². The topological polar surface area (TPSA) is 58.4 Å². The number of hydrogen-bond acceptors (Lipinski definition) is 3. The van der Waals surface area contributed by atoms with Crippen molar-refractivity contribution < 1.29 is 4.79 Å². The van der Waals surface area contributed by atoms with Gasteiger partial charge in [0.15, 0.2) is 0 Å². The number of rotatable bonds is 4. The highest BCUT2D eigenvalue weighted by molar-refractivity contribution is 5.81. The second kappa shape index (κ2) is 6.23. The molecule has 1 heterocycles. The highest BCUT2D eigenvalue weighted by Crippen LogP contribution is 2.29. The van der Waals surface area contributed by atoms with Gasteiger partial charge in [0.2, 0.25) is 5.91 Å². The van der Waals surface area contributed by atoms with Gasteiger partial charge in [-0.3, -0.25) is 9.69 Å². The van der Waals surface area contributed by atoms with Gasteiger partial charge in [-0.2, -0.15) is 0 Å². The fourth-order valence-electron chi connectivity index (χ4n) is 3.29. The van der Waals surface area contributed by atoms with Gasteiger partial charge in [-0.1, -0.05) is 26.2 Å². The second-order valence-corrected chi connectivity index (χ2v) is 6.75. The van der Waals surface area contributed by atoms with E-state index in [1.54, 1.807) is 0 Å². The van der Waals surface area contributed by atoms with Crippen LogP contribution in [0.15, 0.2) is 0 Å². The van der Waals surface area contributed by atoms with E-state index in [1.165, 1.54) is 19.3 Å². The highest BCUT2D eigenvalue weighted by Gasteiger charge is 2.36. The molecule has 0 spiro atoms. The van der Waals surface area contributed by atoms with Gasteiger partial charge >= 0.3 is 0 Å². The van der Waals surface area contributed by atoms with Crippen LogP contribution < -0.4 is 11.1 Å². The smallest absolute Gasteiger partial charge is 0.237 e. The molecule has 110 valence electrons. The summed E-state index contributed by atoms with van der Waals surface area (Å²) in [5, 5.41) is 3.23. The first-order chi connectivity index (χ1) is 9.04. The second-order valence-electron chi connectivity index (χ2n) is 6.75. The molecule has 1 aliphatic heterocycles. The van der Waals surface area contributed by atoms with Crippen molar-refractivity contribution in [3.63, 3.8) is 0 Å². The van der Waals surface area contributed by atoms with Crippen LogP contribution in [0.2, 0.25) is 0 Å². The van der Waals surface area contributed by atoms with Crippen LogP contribution in [0.5, 0.6) is 0 Å². The molecule has 2 unspecified atom stereocenters. The van der Waals surface area contributed by atoms with Gasteiger partial charge in [0.25, 0.3) is 0 Å². The molecule has 0 radical (unpaired) electrons. The van der Waals surface area contributed by atoms with Crippen molar-refractivity contribution in [3.8, 4) is 0 Å². The first-order valence-electron chi connectivity index (χ1n) is 7.78. The molecule has 1 aliphatic carbocycles. The molecule has 2 rings (SSSR count). The first-order valence-corrected chi connectivity index (χ1v) is 7.78. The van der Waals surface area contributed by atoms with E-state index in [2.05, 4.69) is 17.1 Å². The van der Waals surface area contributed by atoms with E-state index < -0.39 is 0 Å². The molecule has 0 aromatic heterocycles. The zero-order chi connectivity index (χ0) is 13.9. The Hall–Kier alpha value is -0.610. The normalized spacial score (nSPS) is 31.3. The van der Waals surface area contributed by atoms with Gasteiger partial charge in [0, 0.05) is 12.6 Å². The fourth-order valence-corrected chi connectivity index (χ4v) is 3.29. The molecule has 0 bridgehead atoms. The SMILES string of the molecule is CC(C(=O)NC1CCCCC1)N1CCC(C)(CN)C1. The van der Waals surface area contributed by atoms with Crippen molar-refractivity contribution in [2.45, 2.75) is 64.5 Å². The van der Waals surface area contributed by atoms with Gasteiger partial charge < -0.3 is 11.1 Å². The molecule has 19 heavy (non-hydrogen) atoms. The highest BCUT2D eigenvalue weighted by atomic mass is 16.2. The third-order valence-corrected chi connectivity index (χ3v) is 4.96. The number of nitrogens with zero attached hydrogens (tertiary/aromatic N) is 1. The summed E-state index contributed by atoms with van der Waals surface area (Å²) in [7, 11) is 0. The lowest BCUT2D eigenvalue weighted by Gasteiger charge is -2.29. The molecule has 1 saturated heterocycles. The number of carbonyl (C=O) groups is 1. The van der Waals surface area contributed by atoms with Crippen LogP contribution >= 0.6 is 0 Å². The molecular weight excluding hydrogens is 238 g/mol. The zero-order valence-electron chi connectivity index (χ0n) is 12.5. The largest absolute Gasteiger partial charge is 0.352 e. The maximum atomic E-state index is 12.3. The lowest BCUT2D eigenvalue weighted by atomic mass is 9.90. The predicted molar refractivity (Wildman–Crippen MR) is 77.8 cm³/mol. The Kier molecular flexibility index (Phi) is 4.85. The minimum atomic E-state index is -0.0182. The summed E-state index contributed by atoms with van der Waals surface area (Å²) in [5.41, 5.74) is 6.02. The quantitative estimate of drug-likeness (QED) is 0.811. The average molecular weight is 267 g/mol. The lowest BCUT2D eigenvalue weighted by molar-refractivity contribution is -0.126. The van der Waals surface area contributed by atoms with Crippen molar-refractivity contribution in [1.29, 1.82) is 0 Å². The van der Waals surface area contributed by atoms with Crippen molar-refractivity contribution in [3.05, 3.63) is 0 Å². The molecule has 2 fully saturated rings. The summed E-state index contributed by atoms with van der Waals surface area (Å²) in [6.45, 7) is 6.90. The van der Waals surface area contributed by atoms with Crippen LogP contribution in [0.4, 0.5) is 0 Å². The number of carbonyl (C=O) groups excluding carboxylic acids is 1. The summed E-state index contributed by atoms with van der Waals surface area (Å²) >= 11 is 0. The Morgan fingerprint density at radius 1 is 1.42 bits per heavy atom. The summed E-state index contributed by atoms with van der Waals surface area (Å²) in [5.74, 6) is 0.202. The van der Waals surface area contributed by atoms with Crippen molar-refractivity contribution in [1.82, 2.24) is 10.2 Å². The number of likely N-dealkylation sites (tertiary alicyclic amines) is 1. The number of nitrogens with two attached hydrogens (primary N) is 1. The van der Waals surface area contributed by atoms with Crippen molar-refractivity contribution in [2.75, 3.05) is 19.6 Å². The minimum Gasteiger partial charge on any atom is -0.352 e. The van der Waals surface area contributed by atoms with Crippen molar-refractivity contribution >= 4 is 5.91 Å². The monoisotopic (exact) mass is 267 g/mol. The Bertz CT molecular complexity index is 315. The molecule has 4 heteroatoms. The minimum absolute atomic E-state index is 0.0182. The molecule has 0 aromatic rings. The molecule has 2 atom stereocenters. The first kappa shape index (κ1) is 14.8. The van der Waals surface area contributed by atoms with Crippen LogP contribution in [-0.4, -0.2) is 42.5 Å². The summed E-state index contributed by atoms with van der Waals surface area (Å²) in [6.07, 6.45) is 7.24. The van der Waals surface area contributed by atoms with Crippen LogP contribution in [0.25, 0.3) is 0 Å². The van der Waals surface area contributed by atoms with Crippen LogP contribution in [0.1, 0.15) is 52.4 Å².